The smallest absolute Gasteiger partial charge is 0.303 e. The third-order valence-corrected chi connectivity index (χ3v) is 1.42. The topological polar surface area (TPSA) is 57.5 Å². The Morgan fingerprint density at radius 3 is 2.30 bits per heavy atom. The van der Waals surface area contributed by atoms with E-state index in [0.29, 0.717) is 6.42 Å². The maximum atomic E-state index is 10.2. The van der Waals surface area contributed by atoms with Crippen molar-refractivity contribution in [2.24, 2.45) is 5.41 Å². The Bertz CT molecular complexity index is 118. The van der Waals surface area contributed by atoms with E-state index in [0.717, 1.165) is 0 Å². The fourth-order valence-corrected chi connectivity index (χ4v) is 0.800. The average molecular weight is 146 g/mol. The SMILES string of the molecule is CC(C)(CCO)CC(=O)O. The predicted molar refractivity (Wildman–Crippen MR) is 37.7 cm³/mol. The van der Waals surface area contributed by atoms with Crippen LogP contribution in [0.25, 0.3) is 0 Å². The zero-order valence-corrected chi connectivity index (χ0v) is 6.42. The van der Waals surface area contributed by atoms with Crippen molar-refractivity contribution in [2.45, 2.75) is 26.7 Å². The molecule has 0 aromatic rings. The molecule has 0 aromatic carbocycles. The lowest BCUT2D eigenvalue weighted by Gasteiger charge is -2.20. The highest BCUT2D eigenvalue weighted by molar-refractivity contribution is 5.67. The first-order chi connectivity index (χ1) is 4.48. The summed E-state index contributed by atoms with van der Waals surface area (Å²) in [5.74, 6) is -0.807. The zero-order valence-electron chi connectivity index (χ0n) is 6.42. The number of carboxylic acid groups (broad SMARTS) is 1. The Balaban J connectivity index is 3.74. The van der Waals surface area contributed by atoms with E-state index in [9.17, 15) is 4.79 Å². The van der Waals surface area contributed by atoms with Crippen molar-refractivity contribution < 1.29 is 15.0 Å². The van der Waals surface area contributed by atoms with Crippen LogP contribution in [0.4, 0.5) is 0 Å². The molecule has 10 heavy (non-hydrogen) atoms. The lowest BCUT2D eigenvalue weighted by Crippen LogP contribution is -2.17. The molecular weight excluding hydrogens is 132 g/mol. The Morgan fingerprint density at radius 1 is 1.50 bits per heavy atom. The highest BCUT2D eigenvalue weighted by atomic mass is 16.4. The predicted octanol–water partition coefficient (Wildman–Crippen LogP) is 0.870. The normalized spacial score (nSPS) is 11.5. The quantitative estimate of drug-likeness (QED) is 0.618. The molecule has 0 aromatic heterocycles. The monoisotopic (exact) mass is 146 g/mol. The molecule has 0 amide bonds. The number of aliphatic hydroxyl groups excluding tert-OH is 1. The molecule has 3 heteroatoms. The molecule has 0 radical (unpaired) electrons. The highest BCUT2D eigenvalue weighted by Crippen LogP contribution is 2.23. The standard InChI is InChI=1S/C7H14O3/c1-7(2,3-4-8)5-6(9)10/h8H,3-5H2,1-2H3,(H,9,10). The van der Waals surface area contributed by atoms with E-state index in [1.165, 1.54) is 0 Å². The van der Waals surface area contributed by atoms with Crippen LogP contribution in [0, 0.1) is 5.41 Å². The van der Waals surface area contributed by atoms with Crippen molar-refractivity contribution >= 4 is 5.97 Å². The van der Waals surface area contributed by atoms with Gasteiger partial charge >= 0.3 is 5.97 Å². The molecular formula is C7H14O3. The first-order valence-electron chi connectivity index (χ1n) is 3.30. The summed E-state index contributed by atoms with van der Waals surface area (Å²) >= 11 is 0. The van der Waals surface area contributed by atoms with Gasteiger partial charge in [-0.05, 0) is 11.8 Å². The molecule has 0 aliphatic heterocycles. The van der Waals surface area contributed by atoms with Crippen molar-refractivity contribution in [2.75, 3.05) is 6.61 Å². The number of carboxylic acids is 1. The van der Waals surface area contributed by atoms with E-state index in [2.05, 4.69) is 0 Å². The van der Waals surface area contributed by atoms with E-state index in [-0.39, 0.29) is 18.4 Å². The second-order valence-corrected chi connectivity index (χ2v) is 3.21. The van der Waals surface area contributed by atoms with Gasteiger partial charge in [0, 0.05) is 6.61 Å². The van der Waals surface area contributed by atoms with Crippen LogP contribution in [0.15, 0.2) is 0 Å². The molecule has 0 heterocycles. The minimum absolute atomic E-state index is 0.0558. The molecule has 0 spiro atoms. The van der Waals surface area contributed by atoms with Crippen LogP contribution in [0.1, 0.15) is 26.7 Å². The van der Waals surface area contributed by atoms with Crippen LogP contribution in [0.2, 0.25) is 0 Å². The number of hydrogen-bond donors (Lipinski definition) is 2. The average Bonchev–Trinajstić information content (AvgIpc) is 1.59. The first kappa shape index (κ1) is 9.43. The minimum Gasteiger partial charge on any atom is -0.481 e. The Kier molecular flexibility index (Phi) is 3.36. The largest absolute Gasteiger partial charge is 0.481 e. The van der Waals surface area contributed by atoms with Crippen molar-refractivity contribution in [3.05, 3.63) is 0 Å². The Morgan fingerprint density at radius 2 is 2.00 bits per heavy atom. The van der Waals surface area contributed by atoms with Gasteiger partial charge in [-0.3, -0.25) is 4.79 Å². The molecule has 0 saturated carbocycles. The fraction of sp³-hybridized carbons (Fsp3) is 0.857. The van der Waals surface area contributed by atoms with E-state index in [1.807, 2.05) is 13.8 Å². The third kappa shape index (κ3) is 4.32. The Labute approximate surface area is 60.7 Å². The van der Waals surface area contributed by atoms with Gasteiger partial charge in [-0.1, -0.05) is 13.8 Å². The zero-order chi connectivity index (χ0) is 8.20. The molecule has 0 aliphatic carbocycles. The number of rotatable bonds is 4. The van der Waals surface area contributed by atoms with Gasteiger partial charge in [0.05, 0.1) is 6.42 Å². The summed E-state index contributed by atoms with van der Waals surface area (Å²) < 4.78 is 0. The van der Waals surface area contributed by atoms with E-state index >= 15 is 0 Å². The Hall–Kier alpha value is -0.570. The summed E-state index contributed by atoms with van der Waals surface area (Å²) in [5.41, 5.74) is -0.277. The lowest BCUT2D eigenvalue weighted by atomic mass is 9.86. The molecule has 0 atom stereocenters. The number of aliphatic hydroxyl groups is 1. The van der Waals surface area contributed by atoms with Crippen molar-refractivity contribution in [3.63, 3.8) is 0 Å². The molecule has 0 fully saturated rings. The fourth-order valence-electron chi connectivity index (χ4n) is 0.800. The summed E-state index contributed by atoms with van der Waals surface area (Å²) in [5, 5.41) is 16.9. The molecule has 3 nitrogen and oxygen atoms in total. The van der Waals surface area contributed by atoms with E-state index in [1.54, 1.807) is 0 Å². The van der Waals surface area contributed by atoms with Gasteiger partial charge in [0.25, 0.3) is 0 Å². The summed E-state index contributed by atoms with van der Waals surface area (Å²) in [6, 6.07) is 0. The molecule has 0 aliphatic rings. The van der Waals surface area contributed by atoms with Gasteiger partial charge in [0.15, 0.2) is 0 Å². The number of hydrogen-bond acceptors (Lipinski definition) is 2. The van der Waals surface area contributed by atoms with Crippen LogP contribution in [-0.2, 0) is 4.79 Å². The van der Waals surface area contributed by atoms with Gasteiger partial charge in [-0.25, -0.2) is 0 Å². The van der Waals surface area contributed by atoms with Crippen LogP contribution < -0.4 is 0 Å². The maximum Gasteiger partial charge on any atom is 0.303 e. The molecule has 60 valence electrons. The van der Waals surface area contributed by atoms with Crippen molar-refractivity contribution in [1.82, 2.24) is 0 Å². The summed E-state index contributed by atoms with van der Waals surface area (Å²) in [6.07, 6.45) is 0.660. The van der Waals surface area contributed by atoms with Crippen LogP contribution in [0.5, 0.6) is 0 Å². The van der Waals surface area contributed by atoms with Gasteiger partial charge in [0.2, 0.25) is 0 Å². The second kappa shape index (κ2) is 3.56. The molecule has 0 bridgehead atoms. The summed E-state index contributed by atoms with van der Waals surface area (Å²) in [6.45, 7) is 3.72. The lowest BCUT2D eigenvalue weighted by molar-refractivity contribution is -0.139. The molecule has 0 saturated heterocycles. The van der Waals surface area contributed by atoms with Crippen LogP contribution in [0.3, 0.4) is 0 Å². The highest BCUT2D eigenvalue weighted by Gasteiger charge is 2.20. The minimum atomic E-state index is -0.807. The first-order valence-corrected chi connectivity index (χ1v) is 3.30. The van der Waals surface area contributed by atoms with Crippen molar-refractivity contribution in [1.29, 1.82) is 0 Å². The van der Waals surface area contributed by atoms with Gasteiger partial charge < -0.3 is 10.2 Å². The van der Waals surface area contributed by atoms with Gasteiger partial charge in [-0.2, -0.15) is 0 Å². The molecule has 0 unspecified atom stereocenters. The number of carbonyl (C=O) groups is 1. The third-order valence-electron chi connectivity index (χ3n) is 1.42. The van der Waals surface area contributed by atoms with Crippen LogP contribution >= 0.6 is 0 Å². The van der Waals surface area contributed by atoms with Crippen LogP contribution in [-0.4, -0.2) is 22.8 Å². The maximum absolute atomic E-state index is 10.2. The summed E-state index contributed by atoms with van der Waals surface area (Å²) in [4.78, 5) is 10.2. The van der Waals surface area contributed by atoms with E-state index in [4.69, 9.17) is 10.2 Å². The second-order valence-electron chi connectivity index (χ2n) is 3.21. The van der Waals surface area contributed by atoms with Gasteiger partial charge in [0.1, 0.15) is 0 Å². The van der Waals surface area contributed by atoms with E-state index < -0.39 is 5.97 Å². The molecule has 2 N–H and O–H groups in total. The summed E-state index contributed by atoms with van der Waals surface area (Å²) in [7, 11) is 0. The van der Waals surface area contributed by atoms with Gasteiger partial charge in [-0.15, -0.1) is 0 Å². The number of aliphatic carboxylic acids is 1. The molecule has 0 rings (SSSR count). The van der Waals surface area contributed by atoms with Crippen molar-refractivity contribution in [3.8, 4) is 0 Å².